The summed E-state index contributed by atoms with van der Waals surface area (Å²) in [4.78, 5) is 14.0. The van der Waals surface area contributed by atoms with Crippen molar-refractivity contribution in [3.05, 3.63) is 54.0 Å². The molecule has 1 aliphatic carbocycles. The molecule has 6 heteroatoms. The molecule has 1 amide bonds. The average molecular weight is 327 g/mol. The van der Waals surface area contributed by atoms with Crippen LogP contribution in [0.25, 0.3) is 10.9 Å². The van der Waals surface area contributed by atoms with Gasteiger partial charge in [-0.15, -0.1) is 0 Å². The van der Waals surface area contributed by atoms with Crippen LogP contribution in [-0.2, 0) is 0 Å². The van der Waals surface area contributed by atoms with E-state index in [4.69, 9.17) is 0 Å². The molecule has 0 unspecified atom stereocenters. The molecular formula is C17H14FN3OS. The summed E-state index contributed by atoms with van der Waals surface area (Å²) in [7, 11) is 0. The lowest BCUT2D eigenvalue weighted by molar-refractivity contribution is 0.0947. The highest BCUT2D eigenvalue weighted by atomic mass is 32.2. The van der Waals surface area contributed by atoms with Gasteiger partial charge in [0.05, 0.1) is 17.3 Å². The largest absolute Gasteiger partial charge is 0.349 e. The Morgan fingerprint density at radius 2 is 2.13 bits per heavy atom. The fourth-order valence-electron chi connectivity index (χ4n) is 2.37. The van der Waals surface area contributed by atoms with E-state index in [2.05, 4.69) is 15.5 Å². The summed E-state index contributed by atoms with van der Waals surface area (Å²) in [6, 6.07) is 10.5. The van der Waals surface area contributed by atoms with E-state index in [0.29, 0.717) is 5.56 Å². The zero-order valence-electron chi connectivity index (χ0n) is 12.2. The fourth-order valence-corrected chi connectivity index (χ4v) is 3.33. The molecule has 0 spiro atoms. The van der Waals surface area contributed by atoms with Gasteiger partial charge in [0.15, 0.2) is 0 Å². The monoisotopic (exact) mass is 327 g/mol. The first-order valence-electron chi connectivity index (χ1n) is 7.40. The van der Waals surface area contributed by atoms with Crippen molar-refractivity contribution >= 4 is 28.6 Å². The molecule has 2 aromatic carbocycles. The second-order valence-corrected chi connectivity index (χ2v) is 6.72. The topological polar surface area (TPSA) is 57.8 Å². The maximum Gasteiger partial charge on any atom is 0.252 e. The van der Waals surface area contributed by atoms with E-state index in [0.717, 1.165) is 33.5 Å². The summed E-state index contributed by atoms with van der Waals surface area (Å²) in [5.74, 6) is -0.614. The maximum absolute atomic E-state index is 13.6. The lowest BCUT2D eigenvalue weighted by Crippen LogP contribution is -2.26. The molecule has 1 heterocycles. The molecule has 0 bridgehead atoms. The summed E-state index contributed by atoms with van der Waals surface area (Å²) in [6.45, 7) is 0. The minimum absolute atomic E-state index is 0.211. The number of aromatic amines is 1. The molecule has 23 heavy (non-hydrogen) atoms. The molecule has 2 N–H and O–H groups in total. The molecule has 0 atom stereocenters. The number of nitrogens with zero attached hydrogens (tertiary/aromatic N) is 1. The third-order valence-electron chi connectivity index (χ3n) is 3.74. The molecule has 3 aromatic rings. The number of benzene rings is 2. The van der Waals surface area contributed by atoms with Crippen LogP contribution in [0, 0.1) is 5.82 Å². The van der Waals surface area contributed by atoms with Crippen LogP contribution in [0.3, 0.4) is 0 Å². The number of aromatic nitrogens is 2. The van der Waals surface area contributed by atoms with E-state index in [1.165, 1.54) is 23.9 Å². The molecule has 4 rings (SSSR count). The Bertz CT molecular complexity index is 888. The van der Waals surface area contributed by atoms with Gasteiger partial charge < -0.3 is 5.32 Å². The Morgan fingerprint density at radius 1 is 1.26 bits per heavy atom. The van der Waals surface area contributed by atoms with Crippen molar-refractivity contribution in [2.75, 3.05) is 0 Å². The van der Waals surface area contributed by atoms with Crippen LogP contribution in [0.5, 0.6) is 0 Å². The van der Waals surface area contributed by atoms with Gasteiger partial charge in [-0.05, 0) is 43.2 Å². The predicted molar refractivity (Wildman–Crippen MR) is 87.1 cm³/mol. The van der Waals surface area contributed by atoms with Crippen molar-refractivity contribution in [3.63, 3.8) is 0 Å². The van der Waals surface area contributed by atoms with E-state index < -0.39 is 5.82 Å². The van der Waals surface area contributed by atoms with E-state index in [9.17, 15) is 9.18 Å². The highest BCUT2D eigenvalue weighted by Crippen LogP contribution is 2.33. The number of hydrogen-bond acceptors (Lipinski definition) is 3. The second kappa shape index (κ2) is 5.70. The number of rotatable bonds is 4. The zero-order chi connectivity index (χ0) is 15.8. The van der Waals surface area contributed by atoms with Gasteiger partial charge in [-0.2, -0.15) is 5.10 Å². The Kier molecular flexibility index (Phi) is 3.53. The SMILES string of the molecule is O=C(NC1CC1)c1cc(F)ccc1Sc1ccc2cn[nH]c2c1. The Balaban J connectivity index is 1.65. The number of H-pyrrole nitrogens is 1. The van der Waals surface area contributed by atoms with Crippen LogP contribution in [0.1, 0.15) is 23.2 Å². The number of hydrogen-bond donors (Lipinski definition) is 2. The van der Waals surface area contributed by atoms with Gasteiger partial charge in [-0.3, -0.25) is 9.89 Å². The number of amides is 1. The number of carbonyl (C=O) groups is 1. The Morgan fingerprint density at radius 3 is 2.96 bits per heavy atom. The first-order chi connectivity index (χ1) is 11.2. The first kappa shape index (κ1) is 14.3. The summed E-state index contributed by atoms with van der Waals surface area (Å²) in [6.07, 6.45) is 3.76. The molecule has 0 aliphatic heterocycles. The molecule has 4 nitrogen and oxygen atoms in total. The molecular weight excluding hydrogens is 313 g/mol. The summed E-state index contributed by atoms with van der Waals surface area (Å²) in [5.41, 5.74) is 1.31. The van der Waals surface area contributed by atoms with Gasteiger partial charge in [-0.25, -0.2) is 4.39 Å². The standard InChI is InChI=1S/C17H14FN3OS/c18-11-2-6-16(14(7-11)17(22)20-12-3-4-12)23-13-5-1-10-9-19-21-15(10)8-13/h1-2,5-9,12H,3-4H2,(H,19,21)(H,20,22). The number of carbonyl (C=O) groups excluding carboxylic acids is 1. The molecule has 1 saturated carbocycles. The quantitative estimate of drug-likeness (QED) is 0.767. The Hall–Kier alpha value is -2.34. The molecule has 1 aliphatic rings. The smallest absolute Gasteiger partial charge is 0.252 e. The van der Waals surface area contributed by atoms with Crippen molar-refractivity contribution in [2.24, 2.45) is 0 Å². The van der Waals surface area contributed by atoms with Gasteiger partial charge in [0.25, 0.3) is 5.91 Å². The third-order valence-corrected chi connectivity index (χ3v) is 4.81. The van der Waals surface area contributed by atoms with Crippen LogP contribution >= 0.6 is 11.8 Å². The van der Waals surface area contributed by atoms with Crippen LogP contribution < -0.4 is 5.32 Å². The highest BCUT2D eigenvalue weighted by molar-refractivity contribution is 7.99. The lowest BCUT2D eigenvalue weighted by atomic mass is 10.2. The van der Waals surface area contributed by atoms with E-state index in [1.54, 1.807) is 12.3 Å². The number of nitrogens with one attached hydrogen (secondary N) is 2. The van der Waals surface area contributed by atoms with Crippen LogP contribution in [0.4, 0.5) is 4.39 Å². The van der Waals surface area contributed by atoms with Gasteiger partial charge in [0.1, 0.15) is 5.82 Å². The fraction of sp³-hybridized carbons (Fsp3) is 0.176. The second-order valence-electron chi connectivity index (χ2n) is 5.61. The van der Waals surface area contributed by atoms with Gasteiger partial charge in [-0.1, -0.05) is 17.8 Å². The van der Waals surface area contributed by atoms with Crippen molar-refractivity contribution in [3.8, 4) is 0 Å². The van der Waals surface area contributed by atoms with Crippen molar-refractivity contribution < 1.29 is 9.18 Å². The summed E-state index contributed by atoms with van der Waals surface area (Å²) >= 11 is 1.44. The van der Waals surface area contributed by atoms with Gasteiger partial charge >= 0.3 is 0 Å². The minimum Gasteiger partial charge on any atom is -0.349 e. The van der Waals surface area contributed by atoms with Crippen molar-refractivity contribution in [1.82, 2.24) is 15.5 Å². The van der Waals surface area contributed by atoms with E-state index in [1.807, 2.05) is 18.2 Å². The average Bonchev–Trinajstić information content (AvgIpc) is 3.23. The molecule has 1 fully saturated rings. The minimum atomic E-state index is -0.403. The predicted octanol–water partition coefficient (Wildman–Crippen LogP) is 3.75. The lowest BCUT2D eigenvalue weighted by Gasteiger charge is -2.10. The molecule has 0 radical (unpaired) electrons. The highest BCUT2D eigenvalue weighted by Gasteiger charge is 2.25. The zero-order valence-corrected chi connectivity index (χ0v) is 13.0. The van der Waals surface area contributed by atoms with Crippen molar-refractivity contribution in [1.29, 1.82) is 0 Å². The van der Waals surface area contributed by atoms with Gasteiger partial charge in [0, 0.05) is 21.2 Å². The summed E-state index contributed by atoms with van der Waals surface area (Å²) in [5, 5.41) is 10.9. The first-order valence-corrected chi connectivity index (χ1v) is 8.22. The summed E-state index contributed by atoms with van der Waals surface area (Å²) < 4.78 is 13.6. The third kappa shape index (κ3) is 3.07. The van der Waals surface area contributed by atoms with Crippen LogP contribution in [0.2, 0.25) is 0 Å². The van der Waals surface area contributed by atoms with Crippen molar-refractivity contribution in [2.45, 2.75) is 28.7 Å². The molecule has 1 aromatic heterocycles. The maximum atomic E-state index is 13.6. The molecule has 116 valence electrons. The van der Waals surface area contributed by atoms with Gasteiger partial charge in [0.2, 0.25) is 0 Å². The molecule has 0 saturated heterocycles. The van der Waals surface area contributed by atoms with E-state index in [-0.39, 0.29) is 11.9 Å². The number of halogens is 1. The normalized spacial score (nSPS) is 14.1. The van der Waals surface area contributed by atoms with E-state index >= 15 is 0 Å². The number of fused-ring (bicyclic) bond motifs is 1. The van der Waals surface area contributed by atoms with Crippen LogP contribution in [0.15, 0.2) is 52.4 Å². The Labute approximate surface area is 136 Å². The van der Waals surface area contributed by atoms with Crippen LogP contribution in [-0.4, -0.2) is 22.1 Å².